The number of halogens is 1. The van der Waals surface area contributed by atoms with Crippen LogP contribution in [0.15, 0.2) is 48.5 Å². The van der Waals surface area contributed by atoms with Crippen LogP contribution in [0.4, 0.5) is 5.69 Å². The number of benzene rings is 2. The van der Waals surface area contributed by atoms with E-state index >= 15 is 0 Å². The smallest absolute Gasteiger partial charge is 0.230 e. The number of rotatable bonds is 4. The van der Waals surface area contributed by atoms with Crippen LogP contribution in [0, 0.1) is 5.92 Å². The van der Waals surface area contributed by atoms with Gasteiger partial charge in [-0.25, -0.2) is 5.43 Å². The molecule has 0 saturated carbocycles. The highest BCUT2D eigenvalue weighted by atomic mass is 35.5. The summed E-state index contributed by atoms with van der Waals surface area (Å²) in [7, 11) is 1.60. The Hall–Kier alpha value is -2.08. The fraction of sp³-hybridized carbons (Fsp3) is 0.235. The third kappa shape index (κ3) is 3.64. The zero-order valence-electron chi connectivity index (χ0n) is 12.7. The molecule has 120 valence electrons. The Morgan fingerprint density at radius 1 is 1.26 bits per heavy atom. The van der Waals surface area contributed by atoms with E-state index in [1.165, 1.54) is 0 Å². The molecule has 2 atom stereocenters. The summed E-state index contributed by atoms with van der Waals surface area (Å²) in [6, 6.07) is 14.7. The summed E-state index contributed by atoms with van der Waals surface area (Å²) in [5, 5.41) is 3.62. The number of carbonyl (C=O) groups excluding carboxylic acids is 1. The van der Waals surface area contributed by atoms with Gasteiger partial charge in [-0.1, -0.05) is 29.8 Å². The quantitative estimate of drug-likeness (QED) is 0.806. The summed E-state index contributed by atoms with van der Waals surface area (Å²) >= 11 is 5.93. The van der Waals surface area contributed by atoms with Gasteiger partial charge in [-0.15, -0.1) is 0 Å². The van der Waals surface area contributed by atoms with Crippen LogP contribution in [0.3, 0.4) is 0 Å². The fourth-order valence-electron chi connectivity index (χ4n) is 2.66. The van der Waals surface area contributed by atoms with Crippen molar-refractivity contribution in [2.75, 3.05) is 19.0 Å². The molecule has 0 aromatic heterocycles. The Morgan fingerprint density at radius 3 is 2.78 bits per heavy atom. The molecule has 2 aromatic rings. The summed E-state index contributed by atoms with van der Waals surface area (Å²) in [4.78, 5) is 12.6. The normalized spacial score (nSPS) is 20.3. The van der Waals surface area contributed by atoms with Crippen LogP contribution < -0.4 is 20.9 Å². The average molecular weight is 332 g/mol. The van der Waals surface area contributed by atoms with Crippen molar-refractivity contribution in [3.05, 3.63) is 59.1 Å². The van der Waals surface area contributed by atoms with Crippen LogP contribution in [-0.4, -0.2) is 19.6 Å². The number of hydrazine groups is 1. The van der Waals surface area contributed by atoms with Crippen molar-refractivity contribution in [3.8, 4) is 5.75 Å². The summed E-state index contributed by atoms with van der Waals surface area (Å²) in [6.45, 7) is 0.559. The molecular formula is C17H18ClN3O2. The second kappa shape index (κ2) is 7.00. The molecule has 1 saturated heterocycles. The molecule has 6 heteroatoms. The number of hydrogen-bond acceptors (Lipinski definition) is 4. The predicted octanol–water partition coefficient (Wildman–Crippen LogP) is 2.75. The van der Waals surface area contributed by atoms with Crippen molar-refractivity contribution < 1.29 is 9.53 Å². The van der Waals surface area contributed by atoms with Gasteiger partial charge in [0.2, 0.25) is 5.91 Å². The molecule has 3 rings (SSSR count). The van der Waals surface area contributed by atoms with Gasteiger partial charge in [-0.3, -0.25) is 10.2 Å². The van der Waals surface area contributed by atoms with E-state index in [0.29, 0.717) is 17.3 Å². The van der Waals surface area contributed by atoms with E-state index in [1.807, 2.05) is 42.5 Å². The van der Waals surface area contributed by atoms with Crippen molar-refractivity contribution in [3.63, 3.8) is 0 Å². The molecule has 1 heterocycles. The SMILES string of the molecule is COc1cccc(NC(=O)C2CNNC2c2ccc(Cl)cc2)c1. The molecule has 1 fully saturated rings. The average Bonchev–Trinajstić information content (AvgIpc) is 3.05. The van der Waals surface area contributed by atoms with Gasteiger partial charge >= 0.3 is 0 Å². The highest BCUT2D eigenvalue weighted by Crippen LogP contribution is 2.27. The van der Waals surface area contributed by atoms with Gasteiger partial charge in [0.05, 0.1) is 19.1 Å². The largest absolute Gasteiger partial charge is 0.497 e. The van der Waals surface area contributed by atoms with E-state index in [9.17, 15) is 4.79 Å². The lowest BCUT2D eigenvalue weighted by Crippen LogP contribution is -2.29. The number of methoxy groups -OCH3 is 1. The van der Waals surface area contributed by atoms with Gasteiger partial charge in [-0.05, 0) is 29.8 Å². The summed E-state index contributed by atoms with van der Waals surface area (Å²) < 4.78 is 5.18. The Morgan fingerprint density at radius 2 is 2.04 bits per heavy atom. The zero-order chi connectivity index (χ0) is 16.2. The molecule has 1 aliphatic heterocycles. The number of anilines is 1. The lowest BCUT2D eigenvalue weighted by atomic mass is 9.94. The highest BCUT2D eigenvalue weighted by molar-refractivity contribution is 6.30. The number of carbonyl (C=O) groups is 1. The van der Waals surface area contributed by atoms with Gasteiger partial charge < -0.3 is 10.1 Å². The molecule has 5 nitrogen and oxygen atoms in total. The van der Waals surface area contributed by atoms with Crippen LogP contribution in [0.1, 0.15) is 11.6 Å². The molecule has 0 bridgehead atoms. The maximum Gasteiger partial charge on any atom is 0.230 e. The Labute approximate surface area is 140 Å². The third-order valence-electron chi connectivity index (χ3n) is 3.89. The lowest BCUT2D eigenvalue weighted by molar-refractivity contribution is -0.119. The van der Waals surface area contributed by atoms with E-state index in [4.69, 9.17) is 16.3 Å². The molecule has 0 aliphatic carbocycles. The van der Waals surface area contributed by atoms with Crippen LogP contribution >= 0.6 is 11.6 Å². The van der Waals surface area contributed by atoms with Crippen LogP contribution in [0.5, 0.6) is 5.75 Å². The number of nitrogens with one attached hydrogen (secondary N) is 3. The van der Waals surface area contributed by atoms with Crippen molar-refractivity contribution in [2.24, 2.45) is 5.92 Å². The topological polar surface area (TPSA) is 62.4 Å². The van der Waals surface area contributed by atoms with Crippen molar-refractivity contribution >= 4 is 23.2 Å². The number of hydrogen-bond donors (Lipinski definition) is 3. The van der Waals surface area contributed by atoms with E-state index in [1.54, 1.807) is 13.2 Å². The maximum atomic E-state index is 12.6. The van der Waals surface area contributed by atoms with Crippen molar-refractivity contribution in [1.29, 1.82) is 0 Å². The Kier molecular flexibility index (Phi) is 4.81. The molecule has 3 N–H and O–H groups in total. The third-order valence-corrected chi connectivity index (χ3v) is 4.14. The molecular weight excluding hydrogens is 314 g/mol. The maximum absolute atomic E-state index is 12.6. The predicted molar refractivity (Wildman–Crippen MR) is 90.4 cm³/mol. The van der Waals surface area contributed by atoms with E-state index in [-0.39, 0.29) is 17.9 Å². The van der Waals surface area contributed by atoms with Gasteiger partial charge in [0.25, 0.3) is 0 Å². The van der Waals surface area contributed by atoms with E-state index in [0.717, 1.165) is 11.3 Å². The zero-order valence-corrected chi connectivity index (χ0v) is 13.4. The molecule has 0 radical (unpaired) electrons. The van der Waals surface area contributed by atoms with Crippen molar-refractivity contribution in [2.45, 2.75) is 6.04 Å². The van der Waals surface area contributed by atoms with Crippen LogP contribution in [-0.2, 0) is 4.79 Å². The summed E-state index contributed by atoms with van der Waals surface area (Å²) in [5.74, 6) is 0.442. The molecule has 1 aliphatic rings. The first kappa shape index (κ1) is 15.8. The molecule has 1 amide bonds. The molecule has 23 heavy (non-hydrogen) atoms. The fourth-order valence-corrected chi connectivity index (χ4v) is 2.79. The monoisotopic (exact) mass is 331 g/mol. The molecule has 2 unspecified atom stereocenters. The first-order valence-electron chi connectivity index (χ1n) is 7.36. The van der Waals surface area contributed by atoms with Crippen LogP contribution in [0.2, 0.25) is 5.02 Å². The van der Waals surface area contributed by atoms with Crippen molar-refractivity contribution in [1.82, 2.24) is 10.9 Å². The molecule has 2 aromatic carbocycles. The minimum atomic E-state index is -0.220. The number of amides is 1. The summed E-state index contributed by atoms with van der Waals surface area (Å²) in [5.41, 5.74) is 7.95. The minimum Gasteiger partial charge on any atom is -0.497 e. The van der Waals surface area contributed by atoms with Gasteiger partial charge in [0.15, 0.2) is 0 Å². The summed E-state index contributed by atoms with van der Waals surface area (Å²) in [6.07, 6.45) is 0. The standard InChI is InChI=1S/C17H18ClN3O2/c1-23-14-4-2-3-13(9-14)20-17(22)15-10-19-21-16(15)11-5-7-12(18)8-6-11/h2-9,15-16,19,21H,10H2,1H3,(H,20,22). The van der Waals surface area contributed by atoms with Crippen LogP contribution in [0.25, 0.3) is 0 Å². The second-order valence-electron chi connectivity index (χ2n) is 5.38. The Bertz CT molecular complexity index is 690. The Balaban J connectivity index is 1.74. The number of ether oxygens (including phenoxy) is 1. The van der Waals surface area contributed by atoms with E-state index < -0.39 is 0 Å². The van der Waals surface area contributed by atoms with Gasteiger partial charge in [-0.2, -0.15) is 0 Å². The van der Waals surface area contributed by atoms with Gasteiger partial charge in [0.1, 0.15) is 5.75 Å². The molecule has 0 spiro atoms. The van der Waals surface area contributed by atoms with Gasteiger partial charge in [0, 0.05) is 23.3 Å². The second-order valence-corrected chi connectivity index (χ2v) is 5.82. The lowest BCUT2D eigenvalue weighted by Gasteiger charge is -2.18. The first-order chi connectivity index (χ1) is 11.2. The van der Waals surface area contributed by atoms with E-state index in [2.05, 4.69) is 16.2 Å². The minimum absolute atomic E-state index is 0.0456. The first-order valence-corrected chi connectivity index (χ1v) is 7.74. The highest BCUT2D eigenvalue weighted by Gasteiger charge is 2.33.